The molecule has 26 heavy (non-hydrogen) atoms. The molecule has 2 atom stereocenters. The summed E-state index contributed by atoms with van der Waals surface area (Å²) in [7, 11) is 0. The third kappa shape index (κ3) is 2.95. The number of aromatic nitrogens is 2. The van der Waals surface area contributed by atoms with Gasteiger partial charge < -0.3 is 10.6 Å². The minimum atomic E-state index is 0.0456. The van der Waals surface area contributed by atoms with Gasteiger partial charge in [-0.05, 0) is 50.1 Å². The molecule has 0 spiro atoms. The lowest BCUT2D eigenvalue weighted by atomic mass is 10.0. The summed E-state index contributed by atoms with van der Waals surface area (Å²) in [6.07, 6.45) is 2.69. The molecule has 2 unspecified atom stereocenters. The second-order valence-electron chi connectivity index (χ2n) is 6.93. The topological polar surface area (TPSA) is 72.1 Å². The van der Waals surface area contributed by atoms with Crippen molar-refractivity contribution in [1.29, 1.82) is 0 Å². The van der Waals surface area contributed by atoms with Crippen LogP contribution in [0.1, 0.15) is 23.7 Å². The number of carbonyl (C=O) groups is 1. The third-order valence-corrected chi connectivity index (χ3v) is 5.13. The van der Waals surface area contributed by atoms with E-state index in [0.29, 0.717) is 24.6 Å². The molecule has 1 saturated heterocycles. The number of rotatable bonds is 3. The van der Waals surface area contributed by atoms with Crippen LogP contribution < -0.4 is 5.73 Å². The van der Waals surface area contributed by atoms with E-state index >= 15 is 0 Å². The number of hydrogen-bond acceptors (Lipinski definition) is 4. The number of nitrogens with two attached hydrogens (primary N) is 1. The summed E-state index contributed by atoms with van der Waals surface area (Å²) >= 11 is 0. The number of nitrogens with zero attached hydrogens (tertiary/aromatic N) is 3. The van der Waals surface area contributed by atoms with Gasteiger partial charge in [0.25, 0.3) is 5.91 Å². The van der Waals surface area contributed by atoms with Crippen LogP contribution in [0.5, 0.6) is 0 Å². The summed E-state index contributed by atoms with van der Waals surface area (Å²) < 4.78 is 0. The van der Waals surface area contributed by atoms with E-state index in [4.69, 9.17) is 10.7 Å². The van der Waals surface area contributed by atoms with Crippen molar-refractivity contribution < 1.29 is 4.79 Å². The number of benzene rings is 1. The summed E-state index contributed by atoms with van der Waals surface area (Å²) in [6, 6.07) is 15.6. The molecule has 0 saturated carbocycles. The van der Waals surface area contributed by atoms with Crippen LogP contribution in [0.15, 0.2) is 54.7 Å². The molecular weight excluding hydrogens is 324 g/mol. The van der Waals surface area contributed by atoms with Gasteiger partial charge in [0.1, 0.15) is 0 Å². The van der Waals surface area contributed by atoms with Crippen molar-refractivity contribution in [2.24, 2.45) is 11.7 Å². The van der Waals surface area contributed by atoms with Crippen molar-refractivity contribution in [3.05, 3.63) is 60.3 Å². The molecule has 5 nitrogen and oxygen atoms in total. The van der Waals surface area contributed by atoms with Crippen LogP contribution in [-0.2, 0) is 0 Å². The first-order valence-electron chi connectivity index (χ1n) is 8.99. The highest BCUT2D eigenvalue weighted by Crippen LogP contribution is 2.29. The first-order chi connectivity index (χ1) is 12.7. The van der Waals surface area contributed by atoms with Crippen LogP contribution in [0.25, 0.3) is 22.3 Å². The molecule has 0 radical (unpaired) electrons. The fraction of sp³-hybridized carbons (Fsp3) is 0.286. The number of fused-ring (bicyclic) bond motifs is 1. The molecule has 0 bridgehead atoms. The lowest BCUT2D eigenvalue weighted by molar-refractivity contribution is 0.0745. The summed E-state index contributed by atoms with van der Waals surface area (Å²) in [5.74, 6) is 0.418. The minimum absolute atomic E-state index is 0.0456. The maximum Gasteiger partial charge on any atom is 0.254 e. The molecule has 5 heteroatoms. The van der Waals surface area contributed by atoms with Gasteiger partial charge in [-0.1, -0.05) is 24.3 Å². The van der Waals surface area contributed by atoms with Crippen LogP contribution in [0.3, 0.4) is 0 Å². The quantitative estimate of drug-likeness (QED) is 0.791. The summed E-state index contributed by atoms with van der Waals surface area (Å²) in [5, 5.41) is 0.876. The van der Waals surface area contributed by atoms with Gasteiger partial charge in [-0.15, -0.1) is 0 Å². The Bertz CT molecular complexity index is 941. The molecule has 132 valence electrons. The summed E-state index contributed by atoms with van der Waals surface area (Å²) in [4.78, 5) is 24.4. The molecule has 1 aliphatic rings. The number of carbonyl (C=O) groups excluding carboxylic acids is 1. The van der Waals surface area contributed by atoms with Crippen molar-refractivity contribution in [1.82, 2.24) is 14.9 Å². The molecule has 4 rings (SSSR count). The number of pyridine rings is 2. The smallest absolute Gasteiger partial charge is 0.254 e. The Balaban J connectivity index is 1.82. The monoisotopic (exact) mass is 346 g/mol. The Kier molecular flexibility index (Phi) is 4.39. The molecular formula is C21H22N4O. The molecule has 0 aliphatic carbocycles. The Morgan fingerprint density at radius 3 is 2.73 bits per heavy atom. The zero-order valence-corrected chi connectivity index (χ0v) is 14.8. The highest BCUT2D eigenvalue weighted by atomic mass is 16.2. The fourth-order valence-electron chi connectivity index (χ4n) is 3.75. The number of amides is 1. The van der Waals surface area contributed by atoms with E-state index < -0.39 is 0 Å². The maximum absolute atomic E-state index is 13.4. The number of hydrogen-bond donors (Lipinski definition) is 1. The van der Waals surface area contributed by atoms with E-state index in [-0.39, 0.29) is 11.9 Å². The third-order valence-electron chi connectivity index (χ3n) is 5.13. The Labute approximate surface area is 152 Å². The van der Waals surface area contributed by atoms with E-state index in [9.17, 15) is 4.79 Å². The van der Waals surface area contributed by atoms with Gasteiger partial charge in [-0.25, -0.2) is 4.98 Å². The second-order valence-corrected chi connectivity index (χ2v) is 6.93. The van der Waals surface area contributed by atoms with Gasteiger partial charge in [0.15, 0.2) is 0 Å². The highest BCUT2D eigenvalue weighted by molar-refractivity contribution is 6.07. The van der Waals surface area contributed by atoms with Crippen molar-refractivity contribution in [2.45, 2.75) is 19.4 Å². The molecule has 1 aliphatic heterocycles. The second kappa shape index (κ2) is 6.84. The van der Waals surface area contributed by atoms with Gasteiger partial charge in [-0.3, -0.25) is 9.78 Å². The molecule has 2 aromatic heterocycles. The zero-order chi connectivity index (χ0) is 18.1. The van der Waals surface area contributed by atoms with Crippen LogP contribution in [-0.4, -0.2) is 39.9 Å². The lowest BCUT2D eigenvalue weighted by Gasteiger charge is -2.22. The molecule has 1 fully saturated rings. The van der Waals surface area contributed by atoms with Gasteiger partial charge in [0.2, 0.25) is 0 Å². The van der Waals surface area contributed by atoms with Crippen LogP contribution in [0.2, 0.25) is 0 Å². The predicted molar refractivity (Wildman–Crippen MR) is 103 cm³/mol. The fourth-order valence-corrected chi connectivity index (χ4v) is 3.75. The van der Waals surface area contributed by atoms with E-state index in [1.54, 1.807) is 6.20 Å². The Hall–Kier alpha value is -2.79. The van der Waals surface area contributed by atoms with E-state index in [0.717, 1.165) is 28.7 Å². The van der Waals surface area contributed by atoms with Crippen molar-refractivity contribution in [3.8, 4) is 11.4 Å². The Morgan fingerprint density at radius 1 is 1.19 bits per heavy atom. The first kappa shape index (κ1) is 16.7. The van der Waals surface area contributed by atoms with E-state index in [2.05, 4.69) is 11.9 Å². The molecule has 1 amide bonds. The Morgan fingerprint density at radius 2 is 2.00 bits per heavy atom. The molecule has 1 aromatic carbocycles. The average Bonchev–Trinajstić information content (AvgIpc) is 3.08. The van der Waals surface area contributed by atoms with Crippen LogP contribution in [0, 0.1) is 5.92 Å². The van der Waals surface area contributed by atoms with Crippen molar-refractivity contribution >= 4 is 16.8 Å². The van der Waals surface area contributed by atoms with Gasteiger partial charge in [0, 0.05) is 24.2 Å². The lowest BCUT2D eigenvalue weighted by Crippen LogP contribution is -2.34. The van der Waals surface area contributed by atoms with Gasteiger partial charge >= 0.3 is 0 Å². The standard InChI is InChI=1S/C21H22N4O/c1-14-10-15(12-22)13-25(14)21(26)17-11-20(19-8-4-5-9-23-19)24-18-7-3-2-6-16(17)18/h2-9,11,14-15H,10,12-13,22H2,1H3. The molecule has 2 N–H and O–H groups in total. The average molecular weight is 346 g/mol. The van der Waals surface area contributed by atoms with Crippen molar-refractivity contribution in [2.75, 3.05) is 13.1 Å². The zero-order valence-electron chi connectivity index (χ0n) is 14.8. The van der Waals surface area contributed by atoms with E-state index in [1.165, 1.54) is 0 Å². The predicted octanol–water partition coefficient (Wildman–Crippen LogP) is 3.11. The normalized spacial score (nSPS) is 19.8. The molecule has 3 heterocycles. The molecule has 3 aromatic rings. The highest BCUT2D eigenvalue weighted by Gasteiger charge is 2.33. The first-order valence-corrected chi connectivity index (χ1v) is 8.99. The van der Waals surface area contributed by atoms with Gasteiger partial charge in [-0.2, -0.15) is 0 Å². The largest absolute Gasteiger partial charge is 0.336 e. The van der Waals surface area contributed by atoms with Crippen LogP contribution in [0.4, 0.5) is 0 Å². The number of para-hydroxylation sites is 1. The minimum Gasteiger partial charge on any atom is -0.336 e. The van der Waals surface area contributed by atoms with Crippen molar-refractivity contribution in [3.63, 3.8) is 0 Å². The van der Waals surface area contributed by atoms with E-state index in [1.807, 2.05) is 53.4 Å². The summed E-state index contributed by atoms with van der Waals surface area (Å²) in [6.45, 7) is 3.42. The summed E-state index contributed by atoms with van der Waals surface area (Å²) in [5.41, 5.74) is 8.80. The SMILES string of the molecule is CC1CC(CN)CN1C(=O)c1cc(-c2ccccn2)nc2ccccc12. The maximum atomic E-state index is 13.4. The van der Waals surface area contributed by atoms with Crippen LogP contribution >= 0.6 is 0 Å². The van der Waals surface area contributed by atoms with Gasteiger partial charge in [0.05, 0.1) is 22.5 Å². The number of likely N-dealkylation sites (tertiary alicyclic amines) is 1.